The quantitative estimate of drug-likeness (QED) is 0.576. The molecule has 0 saturated carbocycles. The molecule has 1 fully saturated rings. The van der Waals surface area contributed by atoms with Crippen molar-refractivity contribution in [2.24, 2.45) is 11.1 Å². The lowest BCUT2D eigenvalue weighted by molar-refractivity contribution is 0.294. The van der Waals surface area contributed by atoms with Crippen LogP contribution in [0.15, 0.2) is 53.7 Å². The maximum Gasteiger partial charge on any atom is 0.0636 e. The van der Waals surface area contributed by atoms with Crippen molar-refractivity contribution < 1.29 is 5.21 Å². The molecule has 0 unspecified atom stereocenters. The van der Waals surface area contributed by atoms with Crippen molar-refractivity contribution in [2.75, 3.05) is 0 Å². The molecule has 0 amide bonds. The highest BCUT2D eigenvalue weighted by molar-refractivity contribution is 6.30. The molecule has 2 aromatic carbocycles. The maximum atomic E-state index is 9.40. The first-order valence-corrected chi connectivity index (χ1v) is 8.32. The van der Waals surface area contributed by atoms with Crippen molar-refractivity contribution in [1.29, 1.82) is 0 Å². The standard InChI is InChI=1S/C18H18Cl2N2O/c1-11-16(22-23)10-17(12-2-6-14(19)7-3-12)21-18(11)13-4-8-15(20)9-5-13/h2-9,11,17-18,21,23H,10H2,1H3/b22-16+/t11-,17-,18-/m0/s1. The molecule has 3 atom stereocenters. The number of halogens is 2. The Labute approximate surface area is 145 Å². The summed E-state index contributed by atoms with van der Waals surface area (Å²) in [6.07, 6.45) is 0.670. The van der Waals surface area contributed by atoms with Crippen LogP contribution in [0.2, 0.25) is 10.0 Å². The van der Waals surface area contributed by atoms with Crippen LogP contribution in [0.1, 0.15) is 36.6 Å². The minimum Gasteiger partial charge on any atom is -0.411 e. The van der Waals surface area contributed by atoms with E-state index in [2.05, 4.69) is 17.4 Å². The third-order valence-electron chi connectivity index (χ3n) is 4.45. The summed E-state index contributed by atoms with van der Waals surface area (Å²) in [5.74, 6) is 0.102. The molecule has 0 aromatic heterocycles. The zero-order valence-electron chi connectivity index (χ0n) is 12.7. The molecule has 0 spiro atoms. The third kappa shape index (κ3) is 3.52. The number of nitrogens with zero attached hydrogens (tertiary/aromatic N) is 1. The Balaban J connectivity index is 1.92. The molecule has 3 nitrogen and oxygen atoms in total. The van der Waals surface area contributed by atoms with Gasteiger partial charge in [-0.3, -0.25) is 0 Å². The number of rotatable bonds is 2. The molecule has 2 aromatic rings. The number of hydrogen-bond acceptors (Lipinski definition) is 3. The fourth-order valence-electron chi connectivity index (χ4n) is 3.10. The van der Waals surface area contributed by atoms with E-state index in [1.54, 1.807) is 0 Å². The van der Waals surface area contributed by atoms with Crippen LogP contribution in [-0.4, -0.2) is 10.9 Å². The predicted molar refractivity (Wildman–Crippen MR) is 94.5 cm³/mol. The van der Waals surface area contributed by atoms with E-state index >= 15 is 0 Å². The highest BCUT2D eigenvalue weighted by Gasteiger charge is 2.33. The highest BCUT2D eigenvalue weighted by atomic mass is 35.5. The van der Waals surface area contributed by atoms with Gasteiger partial charge in [-0.15, -0.1) is 0 Å². The van der Waals surface area contributed by atoms with Gasteiger partial charge in [-0.25, -0.2) is 0 Å². The summed E-state index contributed by atoms with van der Waals surface area (Å²) in [7, 11) is 0. The van der Waals surface area contributed by atoms with Gasteiger partial charge >= 0.3 is 0 Å². The van der Waals surface area contributed by atoms with Crippen molar-refractivity contribution in [3.8, 4) is 0 Å². The van der Waals surface area contributed by atoms with E-state index in [-0.39, 0.29) is 18.0 Å². The van der Waals surface area contributed by atoms with Gasteiger partial charge < -0.3 is 10.5 Å². The molecule has 2 N–H and O–H groups in total. The monoisotopic (exact) mass is 348 g/mol. The first-order valence-electron chi connectivity index (χ1n) is 7.56. The topological polar surface area (TPSA) is 44.6 Å². The Hall–Kier alpha value is -1.55. The molecule has 0 radical (unpaired) electrons. The molecule has 120 valence electrons. The van der Waals surface area contributed by atoms with Crippen molar-refractivity contribution in [1.82, 2.24) is 5.32 Å². The molecule has 0 aliphatic carbocycles. The Kier molecular flexibility index (Phi) is 4.90. The van der Waals surface area contributed by atoms with E-state index < -0.39 is 0 Å². The lowest BCUT2D eigenvalue weighted by atomic mass is 9.81. The van der Waals surface area contributed by atoms with Crippen molar-refractivity contribution in [3.05, 3.63) is 69.7 Å². The van der Waals surface area contributed by atoms with Crippen LogP contribution < -0.4 is 5.32 Å². The van der Waals surface area contributed by atoms with E-state index in [0.29, 0.717) is 16.5 Å². The number of piperidine rings is 1. The minimum atomic E-state index is 0.0626. The van der Waals surface area contributed by atoms with Gasteiger partial charge in [-0.2, -0.15) is 0 Å². The maximum absolute atomic E-state index is 9.40. The molecule has 23 heavy (non-hydrogen) atoms. The third-order valence-corrected chi connectivity index (χ3v) is 4.95. The molecular weight excluding hydrogens is 331 g/mol. The van der Waals surface area contributed by atoms with E-state index in [0.717, 1.165) is 16.8 Å². The first kappa shape index (κ1) is 16.3. The van der Waals surface area contributed by atoms with Crippen molar-refractivity contribution in [3.63, 3.8) is 0 Å². The summed E-state index contributed by atoms with van der Waals surface area (Å²) in [6.45, 7) is 2.07. The zero-order valence-corrected chi connectivity index (χ0v) is 14.2. The van der Waals surface area contributed by atoms with Gasteiger partial charge in [-0.05, 0) is 35.4 Å². The number of hydrogen-bond donors (Lipinski definition) is 2. The second kappa shape index (κ2) is 6.91. The van der Waals surface area contributed by atoms with E-state index in [1.165, 1.54) is 0 Å². The Morgan fingerprint density at radius 3 is 2.00 bits per heavy atom. The summed E-state index contributed by atoms with van der Waals surface area (Å²) in [5, 5.41) is 18.0. The lowest BCUT2D eigenvalue weighted by Gasteiger charge is -2.37. The number of oxime groups is 1. The molecule has 1 aliphatic heterocycles. The summed E-state index contributed by atoms with van der Waals surface area (Å²) < 4.78 is 0. The van der Waals surface area contributed by atoms with Gasteiger partial charge in [0.05, 0.1) is 5.71 Å². The van der Waals surface area contributed by atoms with Gasteiger partial charge in [0, 0.05) is 34.5 Å². The summed E-state index contributed by atoms with van der Waals surface area (Å²) in [6, 6.07) is 15.7. The van der Waals surface area contributed by atoms with Crippen LogP contribution in [0, 0.1) is 5.92 Å². The molecule has 5 heteroatoms. The van der Waals surface area contributed by atoms with Crippen molar-refractivity contribution in [2.45, 2.75) is 25.4 Å². The second-order valence-electron chi connectivity index (χ2n) is 5.88. The predicted octanol–water partition coefficient (Wildman–Crippen LogP) is 5.24. The average Bonchev–Trinajstić information content (AvgIpc) is 2.57. The van der Waals surface area contributed by atoms with Crippen LogP contribution in [0.4, 0.5) is 0 Å². The summed E-state index contributed by atoms with van der Waals surface area (Å²) >= 11 is 12.0. The van der Waals surface area contributed by atoms with Gasteiger partial charge in [0.2, 0.25) is 0 Å². The molecule has 1 saturated heterocycles. The van der Waals surface area contributed by atoms with Gasteiger partial charge in [0.25, 0.3) is 0 Å². The number of benzene rings is 2. The second-order valence-corrected chi connectivity index (χ2v) is 6.76. The molecule has 1 heterocycles. The van der Waals surface area contributed by atoms with Crippen LogP contribution >= 0.6 is 23.2 Å². The first-order chi connectivity index (χ1) is 11.1. The van der Waals surface area contributed by atoms with Gasteiger partial charge in [0.15, 0.2) is 0 Å². The van der Waals surface area contributed by atoms with Crippen LogP contribution in [0.5, 0.6) is 0 Å². The smallest absolute Gasteiger partial charge is 0.0636 e. The van der Waals surface area contributed by atoms with Gasteiger partial charge in [-0.1, -0.05) is 59.5 Å². The fourth-order valence-corrected chi connectivity index (χ4v) is 3.36. The average molecular weight is 349 g/mol. The van der Waals surface area contributed by atoms with Crippen molar-refractivity contribution >= 4 is 28.9 Å². The Morgan fingerprint density at radius 2 is 1.48 bits per heavy atom. The lowest BCUT2D eigenvalue weighted by Crippen LogP contribution is -2.41. The SMILES string of the molecule is C[C@H]1/C(=N/O)C[C@@H](c2ccc(Cl)cc2)N[C@@H]1c1ccc(Cl)cc1. The fraction of sp³-hybridized carbons (Fsp3) is 0.278. The van der Waals surface area contributed by atoms with E-state index in [4.69, 9.17) is 23.2 Å². The number of nitrogens with one attached hydrogen (secondary N) is 1. The molecule has 3 rings (SSSR count). The van der Waals surface area contributed by atoms with E-state index in [1.807, 2.05) is 48.5 Å². The molecular formula is C18H18Cl2N2O. The molecule has 1 aliphatic rings. The molecule has 0 bridgehead atoms. The minimum absolute atomic E-state index is 0.0626. The summed E-state index contributed by atoms with van der Waals surface area (Å²) in [4.78, 5) is 0. The van der Waals surface area contributed by atoms with Gasteiger partial charge in [0.1, 0.15) is 0 Å². The van der Waals surface area contributed by atoms with Crippen LogP contribution in [0.3, 0.4) is 0 Å². The highest BCUT2D eigenvalue weighted by Crippen LogP contribution is 2.35. The summed E-state index contributed by atoms with van der Waals surface area (Å²) in [5.41, 5.74) is 3.05. The normalized spacial score (nSPS) is 26.4. The largest absolute Gasteiger partial charge is 0.411 e. The Bertz CT molecular complexity index is 698. The van der Waals surface area contributed by atoms with Crippen LogP contribution in [0.25, 0.3) is 0 Å². The zero-order chi connectivity index (χ0) is 16.4. The van der Waals surface area contributed by atoms with E-state index in [9.17, 15) is 5.21 Å². The Morgan fingerprint density at radius 1 is 0.957 bits per heavy atom. The van der Waals surface area contributed by atoms with Crippen LogP contribution in [-0.2, 0) is 0 Å².